The lowest BCUT2D eigenvalue weighted by molar-refractivity contribution is 0.135. The number of urea groups is 1. The third kappa shape index (κ3) is 4.17. The largest absolute Gasteiger partial charge is 0.396 e. The Morgan fingerprint density at radius 3 is 2.50 bits per heavy atom. The maximum Gasteiger partial charge on any atom is 0.317 e. The first-order valence-electron chi connectivity index (χ1n) is 8.99. The van der Waals surface area contributed by atoms with Crippen molar-refractivity contribution in [2.45, 2.75) is 38.6 Å². The number of likely N-dealkylation sites (tertiary alicyclic amines) is 1. The fourth-order valence-electron chi connectivity index (χ4n) is 3.48. The zero-order chi connectivity index (χ0) is 16.9. The second-order valence-corrected chi connectivity index (χ2v) is 7.02. The summed E-state index contributed by atoms with van der Waals surface area (Å²) in [6, 6.07) is 4.46. The monoisotopic (exact) mass is 332 g/mol. The molecular weight excluding hydrogens is 304 g/mol. The highest BCUT2D eigenvalue weighted by molar-refractivity contribution is 5.74. The minimum absolute atomic E-state index is 0.0540. The summed E-state index contributed by atoms with van der Waals surface area (Å²) in [6.45, 7) is 5.64. The molecular formula is C18H28N4O2. The van der Waals surface area contributed by atoms with Crippen molar-refractivity contribution in [3.63, 3.8) is 0 Å². The molecule has 0 aromatic carbocycles. The van der Waals surface area contributed by atoms with Gasteiger partial charge in [0.15, 0.2) is 0 Å². The van der Waals surface area contributed by atoms with Crippen LogP contribution in [0.1, 0.15) is 31.2 Å². The Kier molecular flexibility index (Phi) is 5.56. The van der Waals surface area contributed by atoms with Crippen molar-refractivity contribution in [2.24, 2.45) is 5.92 Å². The molecule has 0 aliphatic carbocycles. The molecule has 0 atom stereocenters. The Morgan fingerprint density at radius 1 is 1.21 bits per heavy atom. The van der Waals surface area contributed by atoms with Crippen molar-refractivity contribution in [1.29, 1.82) is 0 Å². The number of aryl methyl sites for hydroxylation is 1. The van der Waals surface area contributed by atoms with E-state index in [-0.39, 0.29) is 18.7 Å². The van der Waals surface area contributed by atoms with Crippen LogP contribution in [0, 0.1) is 12.8 Å². The zero-order valence-corrected chi connectivity index (χ0v) is 14.4. The van der Waals surface area contributed by atoms with Crippen LogP contribution < -0.4 is 10.2 Å². The van der Waals surface area contributed by atoms with Gasteiger partial charge in [0.1, 0.15) is 5.82 Å². The predicted molar refractivity (Wildman–Crippen MR) is 94.1 cm³/mol. The van der Waals surface area contributed by atoms with E-state index in [9.17, 15) is 9.90 Å². The van der Waals surface area contributed by atoms with Gasteiger partial charge in [-0.1, -0.05) is 6.07 Å². The Morgan fingerprint density at radius 2 is 1.92 bits per heavy atom. The Labute approximate surface area is 143 Å². The van der Waals surface area contributed by atoms with Gasteiger partial charge in [-0.3, -0.25) is 0 Å². The van der Waals surface area contributed by atoms with Crippen LogP contribution in [0.25, 0.3) is 0 Å². The molecule has 24 heavy (non-hydrogen) atoms. The summed E-state index contributed by atoms with van der Waals surface area (Å²) in [4.78, 5) is 21.0. The highest BCUT2D eigenvalue weighted by atomic mass is 16.3. The van der Waals surface area contributed by atoms with Gasteiger partial charge in [0, 0.05) is 45.0 Å². The first-order chi connectivity index (χ1) is 11.7. The molecule has 0 saturated carbocycles. The molecule has 3 rings (SSSR count). The number of carbonyl (C=O) groups is 1. The molecule has 1 aromatic rings. The third-order valence-corrected chi connectivity index (χ3v) is 5.20. The molecule has 2 fully saturated rings. The van der Waals surface area contributed by atoms with Gasteiger partial charge in [0.05, 0.1) is 0 Å². The first kappa shape index (κ1) is 17.0. The average Bonchev–Trinajstić information content (AvgIpc) is 2.63. The maximum absolute atomic E-state index is 12.4. The molecule has 2 aliphatic heterocycles. The van der Waals surface area contributed by atoms with Crippen LogP contribution in [0.15, 0.2) is 18.3 Å². The molecule has 6 nitrogen and oxygen atoms in total. The van der Waals surface area contributed by atoms with Gasteiger partial charge in [0.2, 0.25) is 0 Å². The topological polar surface area (TPSA) is 68.7 Å². The van der Waals surface area contributed by atoms with Crippen molar-refractivity contribution >= 4 is 11.8 Å². The minimum atomic E-state index is 0.0540. The van der Waals surface area contributed by atoms with Gasteiger partial charge in [0.25, 0.3) is 0 Å². The number of aliphatic hydroxyl groups is 1. The van der Waals surface area contributed by atoms with Crippen LogP contribution in [0.4, 0.5) is 10.6 Å². The lowest BCUT2D eigenvalue weighted by Crippen LogP contribution is -2.51. The van der Waals surface area contributed by atoms with Crippen molar-refractivity contribution in [3.8, 4) is 0 Å². The summed E-state index contributed by atoms with van der Waals surface area (Å²) in [6.07, 6.45) is 5.62. The number of pyridine rings is 1. The van der Waals surface area contributed by atoms with Crippen LogP contribution in [-0.2, 0) is 0 Å². The van der Waals surface area contributed by atoms with Gasteiger partial charge in [-0.2, -0.15) is 0 Å². The van der Waals surface area contributed by atoms with E-state index in [0.29, 0.717) is 5.92 Å². The smallest absolute Gasteiger partial charge is 0.317 e. The Balaban J connectivity index is 1.43. The van der Waals surface area contributed by atoms with E-state index in [1.165, 1.54) is 5.56 Å². The molecule has 6 heteroatoms. The second-order valence-electron chi connectivity index (χ2n) is 7.02. The van der Waals surface area contributed by atoms with Crippen molar-refractivity contribution < 1.29 is 9.90 Å². The van der Waals surface area contributed by atoms with Gasteiger partial charge >= 0.3 is 6.03 Å². The molecule has 0 unspecified atom stereocenters. The first-order valence-corrected chi connectivity index (χ1v) is 8.99. The minimum Gasteiger partial charge on any atom is -0.396 e. The highest BCUT2D eigenvalue weighted by Crippen LogP contribution is 2.19. The predicted octanol–water partition coefficient (Wildman–Crippen LogP) is 1.77. The number of aliphatic hydroxyl groups excluding tert-OH is 1. The Bertz CT molecular complexity index is 532. The quantitative estimate of drug-likeness (QED) is 0.885. The van der Waals surface area contributed by atoms with Crippen LogP contribution in [0.3, 0.4) is 0 Å². The fourth-order valence-corrected chi connectivity index (χ4v) is 3.48. The van der Waals surface area contributed by atoms with E-state index in [0.717, 1.165) is 57.7 Å². The third-order valence-electron chi connectivity index (χ3n) is 5.20. The molecule has 132 valence electrons. The fraction of sp³-hybridized carbons (Fsp3) is 0.667. The van der Waals surface area contributed by atoms with Gasteiger partial charge in [-0.05, 0) is 50.2 Å². The molecule has 2 aliphatic rings. The lowest BCUT2D eigenvalue weighted by Gasteiger charge is -2.36. The van der Waals surface area contributed by atoms with E-state index in [1.807, 2.05) is 18.0 Å². The summed E-state index contributed by atoms with van der Waals surface area (Å²) >= 11 is 0. The Hall–Kier alpha value is -1.82. The average molecular weight is 332 g/mol. The molecule has 2 N–H and O–H groups in total. The number of nitrogens with one attached hydrogen (secondary N) is 1. The van der Waals surface area contributed by atoms with E-state index in [2.05, 4.69) is 27.3 Å². The normalized spacial score (nSPS) is 20.2. The summed E-state index contributed by atoms with van der Waals surface area (Å²) < 4.78 is 0. The number of hydrogen-bond acceptors (Lipinski definition) is 4. The molecule has 3 heterocycles. The molecule has 1 aromatic heterocycles. The van der Waals surface area contributed by atoms with Crippen molar-refractivity contribution in [3.05, 3.63) is 23.9 Å². The van der Waals surface area contributed by atoms with Crippen molar-refractivity contribution in [2.75, 3.05) is 37.7 Å². The SMILES string of the molecule is Cc1ccc(N2CCC(NC(=O)N3CCC(CO)CC3)CC2)nc1. The molecule has 2 amide bonds. The second kappa shape index (κ2) is 7.83. The number of anilines is 1. The molecule has 0 bridgehead atoms. The van der Waals surface area contributed by atoms with E-state index < -0.39 is 0 Å². The van der Waals surface area contributed by atoms with E-state index in [1.54, 1.807) is 0 Å². The van der Waals surface area contributed by atoms with Crippen LogP contribution >= 0.6 is 0 Å². The van der Waals surface area contributed by atoms with Crippen LogP contribution in [0.2, 0.25) is 0 Å². The number of nitrogens with zero attached hydrogens (tertiary/aromatic N) is 3. The van der Waals surface area contributed by atoms with E-state index >= 15 is 0 Å². The number of aromatic nitrogens is 1. The van der Waals surface area contributed by atoms with Crippen LogP contribution in [-0.4, -0.2) is 59.8 Å². The maximum atomic E-state index is 12.4. The number of piperidine rings is 2. The summed E-state index contributed by atoms with van der Waals surface area (Å²) in [5.74, 6) is 1.38. The van der Waals surface area contributed by atoms with Gasteiger partial charge in [-0.15, -0.1) is 0 Å². The molecule has 0 radical (unpaired) electrons. The highest BCUT2D eigenvalue weighted by Gasteiger charge is 2.26. The van der Waals surface area contributed by atoms with E-state index in [4.69, 9.17) is 0 Å². The van der Waals surface area contributed by atoms with Gasteiger partial charge in [-0.25, -0.2) is 9.78 Å². The number of carbonyl (C=O) groups excluding carboxylic acids is 1. The summed E-state index contributed by atoms with van der Waals surface area (Å²) in [5.41, 5.74) is 1.17. The number of hydrogen-bond donors (Lipinski definition) is 2. The summed E-state index contributed by atoms with van der Waals surface area (Å²) in [5, 5.41) is 12.4. The van der Waals surface area contributed by atoms with Gasteiger partial charge < -0.3 is 20.2 Å². The molecule has 2 saturated heterocycles. The van der Waals surface area contributed by atoms with Crippen molar-refractivity contribution in [1.82, 2.24) is 15.2 Å². The summed E-state index contributed by atoms with van der Waals surface area (Å²) in [7, 11) is 0. The van der Waals surface area contributed by atoms with Crippen LogP contribution in [0.5, 0.6) is 0 Å². The standard InChI is InChI=1S/C18H28N4O2/c1-14-2-3-17(19-12-14)21-10-6-16(7-11-21)20-18(24)22-8-4-15(13-23)5-9-22/h2-3,12,15-16,23H,4-11,13H2,1H3,(H,20,24). The number of amides is 2. The molecule has 0 spiro atoms. The lowest BCUT2D eigenvalue weighted by atomic mass is 9.98. The number of rotatable bonds is 3. The zero-order valence-electron chi connectivity index (χ0n) is 14.4.